The summed E-state index contributed by atoms with van der Waals surface area (Å²) >= 11 is 0. The molecule has 1 N–H and O–H groups in total. The van der Waals surface area contributed by atoms with E-state index < -0.39 is 0 Å². The minimum atomic E-state index is 0.479. The van der Waals surface area contributed by atoms with Crippen LogP contribution in [0.25, 0.3) is 33.2 Å². The Bertz CT molecular complexity index is 1240. The van der Waals surface area contributed by atoms with Gasteiger partial charge in [0.1, 0.15) is 5.65 Å². The molecular formula is C27H34N5O2. The van der Waals surface area contributed by atoms with Gasteiger partial charge in [-0.1, -0.05) is 6.92 Å². The van der Waals surface area contributed by atoms with E-state index in [9.17, 15) is 0 Å². The van der Waals surface area contributed by atoms with E-state index in [1.54, 1.807) is 14.2 Å². The number of H-pyrrole nitrogens is 1. The highest BCUT2D eigenvalue weighted by molar-refractivity contribution is 5.99. The lowest BCUT2D eigenvalue weighted by Gasteiger charge is -2.37. The van der Waals surface area contributed by atoms with Crippen LogP contribution in [0.3, 0.4) is 0 Å². The van der Waals surface area contributed by atoms with Crippen LogP contribution in [0.15, 0.2) is 42.7 Å². The Balaban J connectivity index is 1.51. The Kier molecular flexibility index (Phi) is 6.48. The van der Waals surface area contributed by atoms with Crippen LogP contribution >= 0.6 is 0 Å². The van der Waals surface area contributed by atoms with E-state index in [4.69, 9.17) is 9.47 Å². The maximum absolute atomic E-state index is 5.64. The van der Waals surface area contributed by atoms with Gasteiger partial charge in [0, 0.05) is 79.3 Å². The minimum Gasteiger partial charge on any atom is -0.493 e. The maximum Gasteiger partial charge on any atom is 0.162 e. The molecule has 0 bridgehead atoms. The van der Waals surface area contributed by atoms with Crippen LogP contribution in [0.1, 0.15) is 12.8 Å². The number of methoxy groups -OCH3 is 2. The van der Waals surface area contributed by atoms with Crippen molar-refractivity contribution in [2.24, 2.45) is 0 Å². The smallest absolute Gasteiger partial charge is 0.162 e. The molecule has 1 fully saturated rings. The van der Waals surface area contributed by atoms with E-state index in [-0.39, 0.29) is 0 Å². The molecule has 1 unspecified atom stereocenters. The topological polar surface area (TPSA) is 58.6 Å². The summed E-state index contributed by atoms with van der Waals surface area (Å²) in [6.07, 6.45) is 6.04. The molecule has 1 aliphatic heterocycles. The second kappa shape index (κ2) is 9.68. The van der Waals surface area contributed by atoms with Crippen molar-refractivity contribution in [3.8, 4) is 22.8 Å². The predicted molar refractivity (Wildman–Crippen MR) is 138 cm³/mol. The Morgan fingerprint density at radius 3 is 2.56 bits per heavy atom. The van der Waals surface area contributed by atoms with E-state index in [1.165, 1.54) is 0 Å². The third-order valence-corrected chi connectivity index (χ3v) is 7.16. The lowest BCUT2D eigenvalue weighted by molar-refractivity contribution is 0.105. The standard InChI is InChI=1S/C27H34N5O2/c1-5-20(31-13-11-30(2)12-14-31)8-10-32-18-22(23-15-19-7-6-9-28-27(19)29-23)21-16-25(33-3)26(34-4)17-24(21)32/h6-7,9,15-18,20H,1,5,8,10-14H2,2-4H3,(H,28,29). The van der Waals surface area contributed by atoms with Gasteiger partial charge in [-0.05, 0) is 44.2 Å². The van der Waals surface area contributed by atoms with Crippen molar-refractivity contribution in [3.05, 3.63) is 49.6 Å². The Labute approximate surface area is 201 Å². The van der Waals surface area contributed by atoms with Gasteiger partial charge >= 0.3 is 0 Å². The number of nitrogens with one attached hydrogen (secondary N) is 1. The zero-order valence-corrected chi connectivity index (χ0v) is 20.4. The van der Waals surface area contributed by atoms with Gasteiger partial charge in [-0.25, -0.2) is 4.98 Å². The number of aromatic nitrogens is 3. The van der Waals surface area contributed by atoms with E-state index in [1.807, 2.05) is 12.3 Å². The molecule has 7 nitrogen and oxygen atoms in total. The molecule has 7 heteroatoms. The molecule has 0 amide bonds. The van der Waals surface area contributed by atoms with E-state index >= 15 is 0 Å². The fraction of sp³-hybridized carbons (Fsp3) is 0.407. The Hall–Kier alpha value is -3.03. The SMILES string of the molecule is [CH2]CC(CCn1cc(-c2cc3cccnc3[nH]2)c2cc(OC)c(OC)cc21)N1CCN(C)CC1. The fourth-order valence-electron chi connectivity index (χ4n) is 5.10. The number of hydrogen-bond acceptors (Lipinski definition) is 5. The van der Waals surface area contributed by atoms with Gasteiger partial charge < -0.3 is 23.9 Å². The summed E-state index contributed by atoms with van der Waals surface area (Å²) in [6, 6.07) is 10.9. The molecule has 4 heterocycles. The maximum atomic E-state index is 5.64. The van der Waals surface area contributed by atoms with E-state index in [2.05, 4.69) is 68.8 Å². The molecule has 34 heavy (non-hydrogen) atoms. The third kappa shape index (κ3) is 4.26. The average Bonchev–Trinajstić information content (AvgIpc) is 3.45. The summed E-state index contributed by atoms with van der Waals surface area (Å²) in [5, 5.41) is 2.24. The molecule has 1 radical (unpaired) electrons. The first-order chi connectivity index (χ1) is 16.6. The normalized spacial score (nSPS) is 16.4. The molecule has 1 saturated heterocycles. The number of nitrogens with zero attached hydrogens (tertiary/aromatic N) is 4. The average molecular weight is 461 g/mol. The zero-order valence-electron chi connectivity index (χ0n) is 20.4. The second-order valence-corrected chi connectivity index (χ2v) is 9.16. The van der Waals surface area contributed by atoms with Crippen LogP contribution in [-0.4, -0.2) is 77.8 Å². The molecule has 179 valence electrons. The van der Waals surface area contributed by atoms with E-state index in [0.717, 1.165) is 90.3 Å². The van der Waals surface area contributed by atoms with Crippen molar-refractivity contribution in [2.75, 3.05) is 47.4 Å². The monoisotopic (exact) mass is 460 g/mol. The lowest BCUT2D eigenvalue weighted by atomic mass is 10.1. The van der Waals surface area contributed by atoms with Crippen LogP contribution in [-0.2, 0) is 6.54 Å². The van der Waals surface area contributed by atoms with Crippen molar-refractivity contribution < 1.29 is 9.47 Å². The minimum absolute atomic E-state index is 0.479. The molecule has 1 aliphatic rings. The molecular weight excluding hydrogens is 426 g/mol. The Morgan fingerprint density at radius 2 is 1.85 bits per heavy atom. The number of hydrogen-bond donors (Lipinski definition) is 1. The molecule has 4 aromatic rings. The Morgan fingerprint density at radius 1 is 1.09 bits per heavy atom. The summed E-state index contributed by atoms with van der Waals surface area (Å²) in [4.78, 5) is 13.0. The van der Waals surface area contributed by atoms with Gasteiger partial charge in [0.15, 0.2) is 11.5 Å². The number of benzene rings is 1. The van der Waals surface area contributed by atoms with Crippen molar-refractivity contribution >= 4 is 21.9 Å². The summed E-state index contributed by atoms with van der Waals surface area (Å²) < 4.78 is 13.6. The van der Waals surface area contributed by atoms with Crippen molar-refractivity contribution in [1.82, 2.24) is 24.3 Å². The first-order valence-electron chi connectivity index (χ1n) is 12.0. The van der Waals surface area contributed by atoms with Gasteiger partial charge in [0.2, 0.25) is 0 Å². The summed E-state index contributed by atoms with van der Waals surface area (Å²) in [5.74, 6) is 1.48. The number of likely N-dealkylation sites (N-methyl/N-ethyl adjacent to an activating group) is 1. The number of fused-ring (bicyclic) bond motifs is 2. The fourth-order valence-corrected chi connectivity index (χ4v) is 5.10. The van der Waals surface area contributed by atoms with Gasteiger partial charge in [0.25, 0.3) is 0 Å². The molecule has 0 saturated carbocycles. The first-order valence-corrected chi connectivity index (χ1v) is 12.0. The van der Waals surface area contributed by atoms with Gasteiger partial charge in [0.05, 0.1) is 19.7 Å². The van der Waals surface area contributed by atoms with Crippen LogP contribution in [0, 0.1) is 6.92 Å². The van der Waals surface area contributed by atoms with Crippen LogP contribution in [0.2, 0.25) is 0 Å². The van der Waals surface area contributed by atoms with Crippen LogP contribution in [0.4, 0.5) is 0 Å². The van der Waals surface area contributed by atoms with Crippen molar-refractivity contribution in [3.63, 3.8) is 0 Å². The lowest BCUT2D eigenvalue weighted by Crippen LogP contribution is -2.49. The highest BCUT2D eigenvalue weighted by Gasteiger charge is 2.22. The number of rotatable bonds is 8. The largest absolute Gasteiger partial charge is 0.493 e. The summed E-state index contributed by atoms with van der Waals surface area (Å²) in [7, 11) is 5.57. The van der Waals surface area contributed by atoms with E-state index in [0.29, 0.717) is 6.04 Å². The second-order valence-electron chi connectivity index (χ2n) is 9.16. The van der Waals surface area contributed by atoms with Crippen molar-refractivity contribution in [1.29, 1.82) is 0 Å². The number of pyridine rings is 1. The highest BCUT2D eigenvalue weighted by atomic mass is 16.5. The van der Waals surface area contributed by atoms with Gasteiger partial charge in [-0.3, -0.25) is 4.90 Å². The predicted octanol–water partition coefficient (Wildman–Crippen LogP) is 4.43. The quantitative estimate of drug-likeness (QED) is 0.422. The van der Waals surface area contributed by atoms with Crippen LogP contribution in [0.5, 0.6) is 11.5 Å². The van der Waals surface area contributed by atoms with Gasteiger partial charge in [-0.2, -0.15) is 0 Å². The van der Waals surface area contributed by atoms with Crippen LogP contribution < -0.4 is 9.47 Å². The molecule has 0 aliphatic carbocycles. The molecule has 3 aromatic heterocycles. The molecule has 0 spiro atoms. The molecule has 5 rings (SSSR count). The molecule has 1 atom stereocenters. The number of aromatic amines is 1. The summed E-state index contributed by atoms with van der Waals surface area (Å²) in [6.45, 7) is 9.65. The highest BCUT2D eigenvalue weighted by Crippen LogP contribution is 2.39. The number of piperazine rings is 1. The van der Waals surface area contributed by atoms with Crippen molar-refractivity contribution in [2.45, 2.75) is 25.4 Å². The molecule has 1 aromatic carbocycles. The van der Waals surface area contributed by atoms with Gasteiger partial charge in [-0.15, -0.1) is 0 Å². The number of ether oxygens (including phenoxy) is 2. The zero-order chi connectivity index (χ0) is 23.7. The summed E-state index contributed by atoms with van der Waals surface area (Å²) in [5.41, 5.74) is 4.23. The third-order valence-electron chi connectivity index (χ3n) is 7.16. The number of aryl methyl sites for hydroxylation is 1. The first kappa shape index (κ1) is 22.7.